The van der Waals surface area contributed by atoms with Gasteiger partial charge in [-0.2, -0.15) is 0 Å². The van der Waals surface area contributed by atoms with Crippen molar-refractivity contribution in [2.45, 2.75) is 31.4 Å². The summed E-state index contributed by atoms with van der Waals surface area (Å²) in [5.41, 5.74) is 2.92. The van der Waals surface area contributed by atoms with E-state index in [1.165, 1.54) is 18.5 Å². The van der Waals surface area contributed by atoms with Gasteiger partial charge in [-0.25, -0.2) is 18.4 Å². The minimum Gasteiger partial charge on any atom is -0.392 e. The number of aromatic nitrogens is 4. The molecule has 0 aromatic carbocycles. The molecule has 5 heterocycles. The van der Waals surface area contributed by atoms with Crippen LogP contribution in [0.25, 0.3) is 22.3 Å². The zero-order valence-corrected chi connectivity index (χ0v) is 22.8. The molecule has 4 aromatic heterocycles. The molecule has 39 heavy (non-hydrogen) atoms. The van der Waals surface area contributed by atoms with E-state index in [4.69, 9.17) is 9.97 Å². The van der Waals surface area contributed by atoms with Crippen molar-refractivity contribution >= 4 is 32.5 Å². The number of carbonyl (C=O) groups is 1. The van der Waals surface area contributed by atoms with Crippen molar-refractivity contribution in [3.63, 3.8) is 0 Å². The highest BCUT2D eigenvalue weighted by molar-refractivity contribution is 7.90. The fourth-order valence-electron chi connectivity index (χ4n) is 4.79. The first-order valence-corrected chi connectivity index (χ1v) is 14.6. The standard InChI is InChI=1S/C28H30N6O4S/c1-17-15-34(16-18(2)27(17)35)26-6-4-5-23(33-26)24-8-7-19-12-30-21(10-25(19)32-24)13-31-28(36)20-9-22(14-29-11-20)39(3,37)38/h4-12,14,17-18,27,35H,13,15-16H2,1-3H3,(H,31,36)/t17-,18+,27?. The molecule has 1 saturated heterocycles. The zero-order chi connectivity index (χ0) is 27.7. The molecule has 0 radical (unpaired) electrons. The second kappa shape index (κ2) is 10.7. The van der Waals surface area contributed by atoms with Gasteiger partial charge in [0.15, 0.2) is 9.84 Å². The van der Waals surface area contributed by atoms with Crippen LogP contribution in [0.2, 0.25) is 0 Å². The molecule has 1 fully saturated rings. The van der Waals surface area contributed by atoms with Gasteiger partial charge in [-0.3, -0.25) is 14.8 Å². The second-order valence-electron chi connectivity index (χ2n) is 10.2. The Hall–Kier alpha value is -3.96. The quantitative estimate of drug-likeness (QED) is 0.374. The Morgan fingerprint density at radius 1 is 1.03 bits per heavy atom. The van der Waals surface area contributed by atoms with E-state index in [0.717, 1.165) is 36.2 Å². The first-order chi connectivity index (χ1) is 18.6. The molecule has 1 aliphatic heterocycles. The summed E-state index contributed by atoms with van der Waals surface area (Å²) >= 11 is 0. The van der Waals surface area contributed by atoms with Gasteiger partial charge >= 0.3 is 0 Å². The number of anilines is 1. The van der Waals surface area contributed by atoms with Gasteiger partial charge in [0.05, 0.1) is 45.7 Å². The van der Waals surface area contributed by atoms with Crippen LogP contribution in [0, 0.1) is 11.8 Å². The van der Waals surface area contributed by atoms with E-state index in [9.17, 15) is 18.3 Å². The van der Waals surface area contributed by atoms with Crippen molar-refractivity contribution in [1.82, 2.24) is 25.3 Å². The summed E-state index contributed by atoms with van der Waals surface area (Å²) < 4.78 is 23.5. The van der Waals surface area contributed by atoms with Crippen LogP contribution < -0.4 is 10.2 Å². The maximum absolute atomic E-state index is 12.6. The number of fused-ring (bicyclic) bond motifs is 1. The van der Waals surface area contributed by atoms with Crippen LogP contribution in [0.4, 0.5) is 5.82 Å². The lowest BCUT2D eigenvalue weighted by atomic mass is 9.88. The van der Waals surface area contributed by atoms with Gasteiger partial charge in [-0.1, -0.05) is 19.9 Å². The number of aliphatic hydroxyl groups excluding tert-OH is 1. The number of hydrogen-bond acceptors (Lipinski definition) is 9. The van der Waals surface area contributed by atoms with Gasteiger partial charge < -0.3 is 15.3 Å². The number of hydrogen-bond donors (Lipinski definition) is 2. The third-order valence-electron chi connectivity index (χ3n) is 6.97. The summed E-state index contributed by atoms with van der Waals surface area (Å²) in [5, 5.41) is 13.9. The normalized spacial score (nSPS) is 19.7. The van der Waals surface area contributed by atoms with Crippen LogP contribution in [-0.4, -0.2) is 64.8 Å². The molecule has 2 N–H and O–H groups in total. The number of nitrogens with zero attached hydrogens (tertiary/aromatic N) is 5. The lowest BCUT2D eigenvalue weighted by Crippen LogP contribution is -2.47. The minimum absolute atomic E-state index is 0.0182. The average molecular weight is 547 g/mol. The highest BCUT2D eigenvalue weighted by atomic mass is 32.2. The first-order valence-electron chi connectivity index (χ1n) is 12.7. The molecular formula is C28H30N6O4S. The summed E-state index contributed by atoms with van der Waals surface area (Å²) in [4.78, 5) is 32.8. The molecule has 0 saturated carbocycles. The van der Waals surface area contributed by atoms with Crippen LogP contribution in [0.3, 0.4) is 0 Å². The molecule has 1 aliphatic rings. The summed E-state index contributed by atoms with van der Waals surface area (Å²) in [6.07, 6.45) is 4.99. The highest BCUT2D eigenvalue weighted by Gasteiger charge is 2.31. The van der Waals surface area contributed by atoms with Gasteiger partial charge in [0.25, 0.3) is 5.91 Å². The molecule has 10 nitrogen and oxygen atoms in total. The maximum Gasteiger partial charge on any atom is 0.253 e. The molecule has 5 rings (SSSR count). The smallest absolute Gasteiger partial charge is 0.253 e. The summed E-state index contributed by atoms with van der Waals surface area (Å²) in [6, 6.07) is 12.8. The van der Waals surface area contributed by atoms with Crippen LogP contribution in [-0.2, 0) is 16.4 Å². The van der Waals surface area contributed by atoms with Crippen LogP contribution in [0.1, 0.15) is 29.9 Å². The molecular weight excluding hydrogens is 516 g/mol. The third-order valence-corrected chi connectivity index (χ3v) is 8.05. The Balaban J connectivity index is 1.34. The monoisotopic (exact) mass is 546 g/mol. The molecule has 3 atom stereocenters. The molecule has 1 amide bonds. The number of sulfone groups is 1. The van der Waals surface area contributed by atoms with E-state index in [1.807, 2.05) is 36.4 Å². The van der Waals surface area contributed by atoms with Crippen molar-refractivity contribution in [1.29, 1.82) is 0 Å². The van der Waals surface area contributed by atoms with Crippen molar-refractivity contribution in [3.8, 4) is 11.4 Å². The Kier molecular flexibility index (Phi) is 7.28. The molecule has 0 aliphatic carbocycles. The summed E-state index contributed by atoms with van der Waals surface area (Å²) in [6.45, 7) is 5.72. The van der Waals surface area contributed by atoms with E-state index in [0.29, 0.717) is 16.9 Å². The molecule has 0 bridgehead atoms. The Morgan fingerprint density at radius 2 is 1.77 bits per heavy atom. The van der Waals surface area contributed by atoms with E-state index >= 15 is 0 Å². The van der Waals surface area contributed by atoms with Gasteiger partial charge in [0, 0.05) is 43.3 Å². The van der Waals surface area contributed by atoms with Crippen molar-refractivity contribution in [2.75, 3.05) is 24.2 Å². The fourth-order valence-corrected chi connectivity index (χ4v) is 5.39. The van der Waals surface area contributed by atoms with E-state index < -0.39 is 15.7 Å². The second-order valence-corrected chi connectivity index (χ2v) is 12.2. The van der Waals surface area contributed by atoms with Gasteiger partial charge in [0.2, 0.25) is 0 Å². The maximum atomic E-state index is 12.6. The van der Waals surface area contributed by atoms with Gasteiger partial charge in [-0.05, 0) is 48.2 Å². The first kappa shape index (κ1) is 26.6. The van der Waals surface area contributed by atoms with Crippen LogP contribution >= 0.6 is 0 Å². The zero-order valence-electron chi connectivity index (χ0n) is 21.9. The Bertz CT molecular complexity index is 1630. The van der Waals surface area contributed by atoms with E-state index in [-0.39, 0.29) is 34.9 Å². The number of pyridine rings is 4. The molecule has 0 spiro atoms. The van der Waals surface area contributed by atoms with E-state index in [2.05, 4.69) is 34.0 Å². The van der Waals surface area contributed by atoms with Crippen molar-refractivity contribution in [2.24, 2.45) is 11.8 Å². The Morgan fingerprint density at radius 3 is 2.51 bits per heavy atom. The fraction of sp³-hybridized carbons (Fsp3) is 0.321. The number of piperidine rings is 1. The minimum atomic E-state index is -3.47. The molecule has 202 valence electrons. The number of carbonyl (C=O) groups excluding carboxylic acids is 1. The average Bonchev–Trinajstić information content (AvgIpc) is 2.93. The lowest BCUT2D eigenvalue weighted by molar-refractivity contribution is 0.0527. The number of amides is 1. The van der Waals surface area contributed by atoms with Crippen molar-refractivity contribution < 1.29 is 18.3 Å². The predicted octanol–water partition coefficient (Wildman–Crippen LogP) is 2.87. The van der Waals surface area contributed by atoms with E-state index in [1.54, 1.807) is 6.20 Å². The largest absolute Gasteiger partial charge is 0.392 e. The third kappa shape index (κ3) is 5.89. The van der Waals surface area contributed by atoms with Gasteiger partial charge in [0.1, 0.15) is 5.82 Å². The predicted molar refractivity (Wildman–Crippen MR) is 148 cm³/mol. The van der Waals surface area contributed by atoms with Crippen LogP contribution in [0.15, 0.2) is 66.0 Å². The number of rotatable bonds is 6. The molecule has 1 unspecified atom stereocenters. The Labute approximate surface area is 227 Å². The molecule has 4 aromatic rings. The van der Waals surface area contributed by atoms with Crippen molar-refractivity contribution in [3.05, 3.63) is 72.3 Å². The highest BCUT2D eigenvalue weighted by Crippen LogP contribution is 2.28. The van der Waals surface area contributed by atoms with Gasteiger partial charge in [-0.15, -0.1) is 0 Å². The summed E-state index contributed by atoms with van der Waals surface area (Å²) in [7, 11) is -3.47. The summed E-state index contributed by atoms with van der Waals surface area (Å²) in [5.74, 6) is 0.715. The van der Waals surface area contributed by atoms with Crippen LogP contribution in [0.5, 0.6) is 0 Å². The number of nitrogens with one attached hydrogen (secondary N) is 1. The topological polar surface area (TPSA) is 138 Å². The molecule has 11 heteroatoms. The number of aliphatic hydroxyl groups is 1. The SMILES string of the molecule is C[C@@H]1CN(c2cccc(-c3ccc4cnc(CNC(=O)c5cncc(S(C)(=O)=O)c5)cc4n3)n2)C[C@H](C)C1O. The lowest BCUT2D eigenvalue weighted by Gasteiger charge is -2.39.